The van der Waals surface area contributed by atoms with E-state index in [4.69, 9.17) is 27.9 Å². The van der Waals surface area contributed by atoms with Crippen molar-refractivity contribution in [3.05, 3.63) is 63.9 Å². The summed E-state index contributed by atoms with van der Waals surface area (Å²) in [4.78, 5) is 24.8. The second-order valence-corrected chi connectivity index (χ2v) is 8.56. The fraction of sp³-hybridized carbons (Fsp3) is 0.238. The molecule has 0 fully saturated rings. The minimum atomic E-state index is -0.781. The SMILES string of the molecule is COc1ccc(C(=O)NC(CO)c2nnc(SCC(=O)Nc3ccc(Cl)c(Cl)c3)n2C)cc1. The van der Waals surface area contributed by atoms with Gasteiger partial charge in [-0.15, -0.1) is 10.2 Å². The van der Waals surface area contributed by atoms with E-state index in [1.807, 2.05) is 0 Å². The van der Waals surface area contributed by atoms with Gasteiger partial charge in [-0.25, -0.2) is 0 Å². The van der Waals surface area contributed by atoms with Gasteiger partial charge in [0.25, 0.3) is 5.91 Å². The van der Waals surface area contributed by atoms with Crippen molar-refractivity contribution < 1.29 is 19.4 Å². The Hall–Kier alpha value is -2.79. The number of benzene rings is 2. The van der Waals surface area contributed by atoms with Gasteiger partial charge in [-0.3, -0.25) is 9.59 Å². The summed E-state index contributed by atoms with van der Waals surface area (Å²) in [6, 6.07) is 10.6. The first-order chi connectivity index (χ1) is 15.8. The Balaban J connectivity index is 1.61. The van der Waals surface area contributed by atoms with E-state index >= 15 is 0 Å². The standard InChI is InChI=1S/C21H21Cl2N5O4S/c1-28-19(17(10-29)25-20(31)12-3-6-14(32-2)7-4-12)26-27-21(28)33-11-18(30)24-13-5-8-15(22)16(23)9-13/h3-9,17,29H,10-11H2,1-2H3,(H,24,30)(H,25,31). The number of aliphatic hydroxyl groups excluding tert-OH is 1. The summed E-state index contributed by atoms with van der Waals surface area (Å²) >= 11 is 13.0. The van der Waals surface area contributed by atoms with Crippen LogP contribution in [0.25, 0.3) is 0 Å². The Labute approximate surface area is 204 Å². The fourth-order valence-corrected chi connectivity index (χ4v) is 3.85. The number of nitrogens with zero attached hydrogens (tertiary/aromatic N) is 3. The quantitative estimate of drug-likeness (QED) is 0.378. The lowest BCUT2D eigenvalue weighted by atomic mass is 10.2. The number of hydrogen-bond donors (Lipinski definition) is 3. The summed E-state index contributed by atoms with van der Waals surface area (Å²) in [5.41, 5.74) is 0.931. The second kappa shape index (κ2) is 11.4. The van der Waals surface area contributed by atoms with E-state index in [0.29, 0.717) is 38.0 Å². The van der Waals surface area contributed by atoms with Crippen LogP contribution >= 0.6 is 35.0 Å². The molecule has 1 aromatic heterocycles. The van der Waals surface area contributed by atoms with E-state index in [1.165, 1.54) is 7.11 Å². The van der Waals surface area contributed by atoms with Crippen molar-refractivity contribution in [3.63, 3.8) is 0 Å². The second-order valence-electron chi connectivity index (χ2n) is 6.80. The van der Waals surface area contributed by atoms with Crippen molar-refractivity contribution in [2.45, 2.75) is 11.2 Å². The Bertz CT molecular complexity index is 1140. The molecule has 9 nitrogen and oxygen atoms in total. The van der Waals surface area contributed by atoms with Crippen LogP contribution in [-0.4, -0.2) is 51.2 Å². The van der Waals surface area contributed by atoms with Crippen LogP contribution in [0.15, 0.2) is 47.6 Å². The molecule has 1 unspecified atom stereocenters. The van der Waals surface area contributed by atoms with Crippen LogP contribution in [0.4, 0.5) is 5.69 Å². The van der Waals surface area contributed by atoms with Crippen molar-refractivity contribution in [1.82, 2.24) is 20.1 Å². The topological polar surface area (TPSA) is 118 Å². The number of thioether (sulfide) groups is 1. The lowest BCUT2D eigenvalue weighted by molar-refractivity contribution is -0.113. The summed E-state index contributed by atoms with van der Waals surface area (Å²) in [7, 11) is 3.23. The molecular weight excluding hydrogens is 489 g/mol. The average Bonchev–Trinajstić information content (AvgIpc) is 3.18. The molecule has 0 saturated carbocycles. The van der Waals surface area contributed by atoms with E-state index in [2.05, 4.69) is 20.8 Å². The summed E-state index contributed by atoms with van der Waals surface area (Å²) < 4.78 is 6.70. The van der Waals surface area contributed by atoms with Gasteiger partial charge in [-0.1, -0.05) is 35.0 Å². The maximum Gasteiger partial charge on any atom is 0.251 e. The van der Waals surface area contributed by atoms with Crippen molar-refractivity contribution in [2.75, 3.05) is 24.8 Å². The number of methoxy groups -OCH3 is 1. The summed E-state index contributed by atoms with van der Waals surface area (Å²) in [6.45, 7) is -0.379. The summed E-state index contributed by atoms with van der Waals surface area (Å²) in [5.74, 6) is 0.397. The Morgan fingerprint density at radius 2 is 1.88 bits per heavy atom. The monoisotopic (exact) mass is 509 g/mol. The number of aromatic nitrogens is 3. The number of rotatable bonds is 9. The molecule has 2 amide bonds. The molecule has 0 aliphatic rings. The first kappa shape index (κ1) is 24.8. The third-order valence-corrected chi connectivity index (χ3v) is 6.32. The maximum atomic E-state index is 12.5. The molecule has 0 saturated heterocycles. The number of aliphatic hydroxyl groups is 1. The van der Waals surface area contributed by atoms with Crippen LogP contribution in [-0.2, 0) is 11.8 Å². The van der Waals surface area contributed by atoms with Crippen molar-refractivity contribution >= 4 is 52.5 Å². The number of halogens is 2. The van der Waals surface area contributed by atoms with E-state index in [9.17, 15) is 14.7 Å². The number of amides is 2. The molecule has 0 bridgehead atoms. The number of carbonyl (C=O) groups excluding carboxylic acids is 2. The van der Waals surface area contributed by atoms with Gasteiger partial charge in [0.1, 0.15) is 11.8 Å². The molecule has 2 aromatic carbocycles. The van der Waals surface area contributed by atoms with E-state index < -0.39 is 6.04 Å². The van der Waals surface area contributed by atoms with Crippen LogP contribution < -0.4 is 15.4 Å². The van der Waals surface area contributed by atoms with Gasteiger partial charge in [0.15, 0.2) is 11.0 Å². The number of carbonyl (C=O) groups is 2. The lowest BCUT2D eigenvalue weighted by Crippen LogP contribution is -2.32. The van der Waals surface area contributed by atoms with E-state index in [1.54, 1.807) is 54.1 Å². The van der Waals surface area contributed by atoms with E-state index in [-0.39, 0.29) is 24.2 Å². The molecule has 0 spiro atoms. The number of hydrogen-bond acceptors (Lipinski definition) is 7. The highest BCUT2D eigenvalue weighted by atomic mass is 35.5. The number of ether oxygens (including phenoxy) is 1. The molecule has 0 radical (unpaired) electrons. The number of nitrogens with one attached hydrogen (secondary N) is 2. The average molecular weight is 510 g/mol. The molecule has 33 heavy (non-hydrogen) atoms. The highest BCUT2D eigenvalue weighted by Gasteiger charge is 2.22. The fourth-order valence-electron chi connectivity index (χ4n) is 2.83. The molecule has 1 heterocycles. The lowest BCUT2D eigenvalue weighted by Gasteiger charge is -2.16. The third-order valence-electron chi connectivity index (χ3n) is 4.56. The van der Waals surface area contributed by atoms with Gasteiger partial charge in [0, 0.05) is 18.3 Å². The first-order valence-electron chi connectivity index (χ1n) is 9.65. The molecule has 12 heteroatoms. The molecule has 3 aromatic rings. The van der Waals surface area contributed by atoms with Gasteiger partial charge in [-0.2, -0.15) is 0 Å². The predicted octanol–water partition coefficient (Wildman–Crippen LogP) is 3.32. The zero-order valence-electron chi connectivity index (χ0n) is 17.7. The molecule has 174 valence electrons. The molecule has 3 rings (SSSR count). The smallest absolute Gasteiger partial charge is 0.251 e. The zero-order valence-corrected chi connectivity index (χ0v) is 20.0. The van der Waals surface area contributed by atoms with Crippen LogP contribution in [0.2, 0.25) is 10.0 Å². The van der Waals surface area contributed by atoms with Crippen molar-refractivity contribution in [3.8, 4) is 5.75 Å². The normalized spacial score (nSPS) is 11.7. The van der Waals surface area contributed by atoms with Gasteiger partial charge >= 0.3 is 0 Å². The Kier molecular flexibility index (Phi) is 8.56. The summed E-state index contributed by atoms with van der Waals surface area (Å²) in [5, 5.41) is 24.6. The largest absolute Gasteiger partial charge is 0.497 e. The molecule has 0 aliphatic carbocycles. The van der Waals surface area contributed by atoms with Gasteiger partial charge in [-0.05, 0) is 42.5 Å². The van der Waals surface area contributed by atoms with E-state index in [0.717, 1.165) is 11.8 Å². The first-order valence-corrected chi connectivity index (χ1v) is 11.4. The van der Waals surface area contributed by atoms with Gasteiger partial charge in [0.05, 0.1) is 29.5 Å². The minimum Gasteiger partial charge on any atom is -0.497 e. The van der Waals surface area contributed by atoms with Crippen molar-refractivity contribution in [2.24, 2.45) is 7.05 Å². The van der Waals surface area contributed by atoms with Crippen LogP contribution in [0, 0.1) is 0 Å². The summed E-state index contributed by atoms with van der Waals surface area (Å²) in [6.07, 6.45) is 0. The molecule has 0 aliphatic heterocycles. The van der Waals surface area contributed by atoms with Crippen LogP contribution in [0.3, 0.4) is 0 Å². The highest BCUT2D eigenvalue weighted by Crippen LogP contribution is 2.25. The third kappa shape index (κ3) is 6.38. The Morgan fingerprint density at radius 3 is 2.52 bits per heavy atom. The van der Waals surface area contributed by atoms with Gasteiger partial charge in [0.2, 0.25) is 5.91 Å². The maximum absolute atomic E-state index is 12.5. The molecular formula is C21H21Cl2N5O4S. The highest BCUT2D eigenvalue weighted by molar-refractivity contribution is 7.99. The predicted molar refractivity (Wildman–Crippen MR) is 127 cm³/mol. The molecule has 1 atom stereocenters. The van der Waals surface area contributed by atoms with Gasteiger partial charge < -0.3 is 25.0 Å². The zero-order chi connectivity index (χ0) is 24.0. The van der Waals surface area contributed by atoms with Crippen LogP contribution in [0.1, 0.15) is 22.2 Å². The molecule has 3 N–H and O–H groups in total. The van der Waals surface area contributed by atoms with Crippen LogP contribution in [0.5, 0.6) is 5.75 Å². The minimum absolute atomic E-state index is 0.0637. The Morgan fingerprint density at radius 1 is 1.15 bits per heavy atom. The van der Waals surface area contributed by atoms with Crippen molar-refractivity contribution in [1.29, 1.82) is 0 Å². The number of anilines is 1.